The molecular weight excluding hydrogens is 278 g/mol. The predicted molar refractivity (Wildman–Crippen MR) is 71.8 cm³/mol. The Morgan fingerprint density at radius 3 is 2.88 bits per heavy atom. The maximum absolute atomic E-state index is 11.9. The van der Waals surface area contributed by atoms with E-state index < -0.39 is 0 Å². The minimum Gasteiger partial charge on any atom is -0.299 e. The van der Waals surface area contributed by atoms with Gasteiger partial charge in [-0.05, 0) is 53.2 Å². The number of hydrogen-bond donors (Lipinski definition) is 0. The molecule has 0 amide bonds. The topological polar surface area (TPSA) is 30.0 Å². The van der Waals surface area contributed by atoms with E-state index in [2.05, 4.69) is 27.0 Å². The fourth-order valence-electron chi connectivity index (χ4n) is 2.16. The van der Waals surface area contributed by atoms with Crippen molar-refractivity contribution in [2.24, 2.45) is 0 Å². The zero-order valence-electron chi connectivity index (χ0n) is 9.79. The molecule has 1 heterocycles. The number of hydrogen-bond acceptors (Lipinski definition) is 2. The van der Waals surface area contributed by atoms with Gasteiger partial charge in [-0.2, -0.15) is 0 Å². The average molecular weight is 294 g/mol. The van der Waals surface area contributed by atoms with Crippen LogP contribution in [0.4, 0.5) is 0 Å². The van der Waals surface area contributed by atoms with Crippen LogP contribution < -0.4 is 0 Å². The van der Waals surface area contributed by atoms with Crippen LogP contribution in [0.1, 0.15) is 37.7 Å². The monoisotopic (exact) mass is 293 g/mol. The number of halogens is 1. The van der Waals surface area contributed by atoms with Gasteiger partial charge in [0.05, 0.1) is 0 Å². The summed E-state index contributed by atoms with van der Waals surface area (Å²) in [5.74, 6) is 0.290. The number of nitrogens with zero attached hydrogens (tertiary/aromatic N) is 1. The third-order valence-electron chi connectivity index (χ3n) is 2.97. The van der Waals surface area contributed by atoms with Crippen molar-refractivity contribution >= 4 is 21.7 Å². The van der Waals surface area contributed by atoms with Gasteiger partial charge in [0.15, 0.2) is 0 Å². The molecule has 2 nitrogen and oxygen atoms in total. The summed E-state index contributed by atoms with van der Waals surface area (Å²) in [4.78, 5) is 16.0. The molecule has 1 aliphatic rings. The number of ketones is 1. The van der Waals surface area contributed by atoms with Crippen LogP contribution in [0.25, 0.3) is 0 Å². The molecule has 1 aliphatic carbocycles. The van der Waals surface area contributed by atoms with Crippen molar-refractivity contribution in [2.45, 2.75) is 38.5 Å². The van der Waals surface area contributed by atoms with E-state index in [1.54, 1.807) is 12.4 Å². The summed E-state index contributed by atoms with van der Waals surface area (Å²) in [5.41, 5.74) is 2.31. The number of carbonyl (C=O) groups is 1. The van der Waals surface area contributed by atoms with E-state index in [1.165, 1.54) is 18.4 Å². The number of allylic oxidation sites excluding steroid dienone is 2. The Morgan fingerprint density at radius 2 is 2.18 bits per heavy atom. The normalized spacial score (nSPS) is 15.5. The maximum atomic E-state index is 11.9. The lowest BCUT2D eigenvalue weighted by Gasteiger charge is -2.11. The lowest BCUT2D eigenvalue weighted by molar-refractivity contribution is -0.117. The molecule has 0 saturated heterocycles. The van der Waals surface area contributed by atoms with E-state index in [-0.39, 0.29) is 5.78 Å². The first kappa shape index (κ1) is 12.5. The van der Waals surface area contributed by atoms with Gasteiger partial charge < -0.3 is 0 Å². The lowest BCUT2D eigenvalue weighted by Crippen LogP contribution is -2.06. The van der Waals surface area contributed by atoms with E-state index in [0.717, 1.165) is 22.9 Å². The van der Waals surface area contributed by atoms with Crippen molar-refractivity contribution in [1.82, 2.24) is 4.98 Å². The molecule has 0 radical (unpaired) electrons. The first-order valence-corrected chi connectivity index (χ1v) is 6.82. The Morgan fingerprint density at radius 1 is 1.29 bits per heavy atom. The van der Waals surface area contributed by atoms with Crippen LogP contribution in [0.2, 0.25) is 0 Å². The van der Waals surface area contributed by atoms with E-state index >= 15 is 0 Å². The molecule has 17 heavy (non-hydrogen) atoms. The summed E-state index contributed by atoms with van der Waals surface area (Å²) in [6, 6.07) is 1.96. The molecule has 0 fully saturated rings. The van der Waals surface area contributed by atoms with Crippen LogP contribution in [0.5, 0.6) is 0 Å². The van der Waals surface area contributed by atoms with Crippen LogP contribution in [0.3, 0.4) is 0 Å². The fourth-order valence-corrected chi connectivity index (χ4v) is 2.57. The first-order valence-electron chi connectivity index (χ1n) is 6.03. The van der Waals surface area contributed by atoms with Gasteiger partial charge in [0, 0.05) is 29.7 Å². The van der Waals surface area contributed by atoms with Crippen LogP contribution in [-0.4, -0.2) is 10.8 Å². The van der Waals surface area contributed by atoms with Gasteiger partial charge in [0.1, 0.15) is 5.78 Å². The van der Waals surface area contributed by atoms with Gasteiger partial charge in [-0.3, -0.25) is 9.78 Å². The van der Waals surface area contributed by atoms with Gasteiger partial charge in [-0.1, -0.05) is 11.6 Å². The summed E-state index contributed by atoms with van der Waals surface area (Å²) in [7, 11) is 0. The molecule has 0 bridgehead atoms. The third kappa shape index (κ3) is 4.08. The lowest BCUT2D eigenvalue weighted by atomic mass is 9.94. The Labute approximate surface area is 110 Å². The average Bonchev–Trinajstić information content (AvgIpc) is 2.30. The van der Waals surface area contributed by atoms with Crippen molar-refractivity contribution < 1.29 is 4.79 Å². The molecule has 0 aliphatic heterocycles. The third-order valence-corrected chi connectivity index (χ3v) is 3.41. The van der Waals surface area contributed by atoms with Crippen molar-refractivity contribution in [3.63, 3.8) is 0 Å². The molecule has 0 saturated carbocycles. The van der Waals surface area contributed by atoms with Gasteiger partial charge in [-0.25, -0.2) is 0 Å². The van der Waals surface area contributed by atoms with Gasteiger partial charge in [0.2, 0.25) is 0 Å². The highest BCUT2D eigenvalue weighted by molar-refractivity contribution is 9.10. The first-order chi connectivity index (χ1) is 8.24. The highest BCUT2D eigenvalue weighted by Crippen LogP contribution is 2.21. The second-order valence-electron chi connectivity index (χ2n) is 4.51. The largest absolute Gasteiger partial charge is 0.299 e. The van der Waals surface area contributed by atoms with Crippen molar-refractivity contribution in [1.29, 1.82) is 0 Å². The van der Waals surface area contributed by atoms with Crippen LogP contribution in [0.15, 0.2) is 34.6 Å². The second kappa shape index (κ2) is 6.10. The highest BCUT2D eigenvalue weighted by atomic mass is 79.9. The molecule has 2 rings (SSSR count). The van der Waals surface area contributed by atoms with Crippen molar-refractivity contribution in [2.75, 3.05) is 0 Å². The van der Waals surface area contributed by atoms with E-state index in [1.807, 2.05) is 6.07 Å². The van der Waals surface area contributed by atoms with Gasteiger partial charge in [0.25, 0.3) is 0 Å². The molecule has 90 valence electrons. The van der Waals surface area contributed by atoms with Crippen LogP contribution in [-0.2, 0) is 11.2 Å². The number of pyridine rings is 1. The fraction of sp³-hybridized carbons (Fsp3) is 0.429. The Kier molecular flexibility index (Phi) is 4.49. The molecule has 0 atom stereocenters. The van der Waals surface area contributed by atoms with Crippen molar-refractivity contribution in [3.8, 4) is 0 Å². The molecule has 0 spiro atoms. The minimum atomic E-state index is 0.290. The maximum Gasteiger partial charge on any atom is 0.141 e. The number of carbonyl (C=O) groups excluding carboxylic acids is 1. The summed E-state index contributed by atoms with van der Waals surface area (Å²) in [5, 5.41) is 0. The van der Waals surface area contributed by atoms with E-state index in [4.69, 9.17) is 0 Å². The number of aromatic nitrogens is 1. The number of rotatable bonds is 4. The molecule has 1 aromatic heterocycles. The van der Waals surface area contributed by atoms with Crippen molar-refractivity contribution in [3.05, 3.63) is 40.1 Å². The Bertz CT molecular complexity index is 440. The SMILES string of the molecule is O=C(CC1=CCCCC1)Cc1cncc(Br)c1. The zero-order chi connectivity index (χ0) is 12.1. The smallest absolute Gasteiger partial charge is 0.141 e. The molecule has 0 aromatic carbocycles. The second-order valence-corrected chi connectivity index (χ2v) is 5.43. The predicted octanol–water partition coefficient (Wildman–Crippen LogP) is 3.85. The molecule has 0 N–H and O–H groups in total. The molecular formula is C14H16BrNO. The van der Waals surface area contributed by atoms with Gasteiger partial charge in [-0.15, -0.1) is 0 Å². The Balaban J connectivity index is 1.91. The summed E-state index contributed by atoms with van der Waals surface area (Å²) >= 11 is 3.37. The standard InChI is InChI=1S/C14H16BrNO/c15-13-6-12(9-16-10-13)8-14(17)7-11-4-2-1-3-5-11/h4,6,9-10H,1-3,5,7-8H2. The van der Waals surface area contributed by atoms with Crippen LogP contribution >= 0.6 is 15.9 Å². The molecule has 1 aromatic rings. The Hall–Kier alpha value is -0.960. The van der Waals surface area contributed by atoms with E-state index in [9.17, 15) is 4.79 Å². The minimum absolute atomic E-state index is 0.290. The summed E-state index contributed by atoms with van der Waals surface area (Å²) < 4.78 is 0.930. The van der Waals surface area contributed by atoms with E-state index in [0.29, 0.717) is 12.8 Å². The molecule has 0 unspecified atom stereocenters. The van der Waals surface area contributed by atoms with Crippen LogP contribution in [0, 0.1) is 0 Å². The number of Topliss-reactive ketones (excluding diaryl/α,β-unsaturated/α-hetero) is 1. The quantitative estimate of drug-likeness (QED) is 0.790. The van der Waals surface area contributed by atoms with Gasteiger partial charge >= 0.3 is 0 Å². The molecule has 3 heteroatoms. The highest BCUT2D eigenvalue weighted by Gasteiger charge is 2.10. The summed E-state index contributed by atoms with van der Waals surface area (Å²) in [6.45, 7) is 0. The summed E-state index contributed by atoms with van der Waals surface area (Å²) in [6.07, 6.45) is 11.6. The zero-order valence-corrected chi connectivity index (χ0v) is 11.4.